The second-order valence-electron chi connectivity index (χ2n) is 4.20. The summed E-state index contributed by atoms with van der Waals surface area (Å²) in [7, 11) is 0. The standard InChI is InChI=1S/C12H13N3O3/c16-12-10-3-1-2-4-11(10)13-14-15(12)7-9-5-6-17-8-18-9/h1-4,9H,5-8H2/t9-/m1/s1. The highest BCUT2D eigenvalue weighted by Crippen LogP contribution is 2.08. The molecule has 0 spiro atoms. The minimum atomic E-state index is -0.129. The number of fused-ring (bicyclic) bond motifs is 1. The molecule has 94 valence electrons. The van der Waals surface area contributed by atoms with Crippen molar-refractivity contribution >= 4 is 10.9 Å². The summed E-state index contributed by atoms with van der Waals surface area (Å²) in [5, 5.41) is 8.55. The highest BCUT2D eigenvalue weighted by atomic mass is 16.7. The zero-order valence-electron chi connectivity index (χ0n) is 9.78. The molecule has 0 aliphatic carbocycles. The number of hydrogen-bond acceptors (Lipinski definition) is 5. The van der Waals surface area contributed by atoms with Crippen molar-refractivity contribution in [3.05, 3.63) is 34.6 Å². The first-order chi connectivity index (χ1) is 8.84. The molecule has 1 aliphatic rings. The van der Waals surface area contributed by atoms with Crippen LogP contribution in [-0.4, -0.2) is 34.5 Å². The van der Waals surface area contributed by atoms with Crippen LogP contribution >= 0.6 is 0 Å². The molecule has 0 amide bonds. The first-order valence-corrected chi connectivity index (χ1v) is 5.86. The van der Waals surface area contributed by atoms with Gasteiger partial charge in [-0.3, -0.25) is 4.79 Å². The van der Waals surface area contributed by atoms with Crippen molar-refractivity contribution in [3.63, 3.8) is 0 Å². The lowest BCUT2D eigenvalue weighted by Gasteiger charge is -2.22. The van der Waals surface area contributed by atoms with Crippen LogP contribution < -0.4 is 5.56 Å². The van der Waals surface area contributed by atoms with Crippen molar-refractivity contribution < 1.29 is 9.47 Å². The van der Waals surface area contributed by atoms with Gasteiger partial charge in [0.2, 0.25) is 0 Å². The fraction of sp³-hybridized carbons (Fsp3) is 0.417. The summed E-state index contributed by atoms with van der Waals surface area (Å²) in [6, 6.07) is 7.19. The van der Waals surface area contributed by atoms with Crippen LogP contribution in [0, 0.1) is 0 Å². The van der Waals surface area contributed by atoms with Crippen molar-refractivity contribution in [3.8, 4) is 0 Å². The van der Waals surface area contributed by atoms with Crippen LogP contribution in [0.15, 0.2) is 29.1 Å². The van der Waals surface area contributed by atoms with E-state index in [-0.39, 0.29) is 18.5 Å². The van der Waals surface area contributed by atoms with Gasteiger partial charge in [-0.15, -0.1) is 5.10 Å². The lowest BCUT2D eigenvalue weighted by Crippen LogP contribution is -2.34. The fourth-order valence-corrected chi connectivity index (χ4v) is 1.98. The number of nitrogens with zero attached hydrogens (tertiary/aromatic N) is 3. The van der Waals surface area contributed by atoms with E-state index in [0.717, 1.165) is 6.42 Å². The average Bonchev–Trinajstić information content (AvgIpc) is 2.43. The second kappa shape index (κ2) is 4.83. The smallest absolute Gasteiger partial charge is 0.277 e. The molecule has 0 N–H and O–H groups in total. The highest BCUT2D eigenvalue weighted by Gasteiger charge is 2.16. The quantitative estimate of drug-likeness (QED) is 0.775. The summed E-state index contributed by atoms with van der Waals surface area (Å²) in [5.41, 5.74) is 0.488. The maximum absolute atomic E-state index is 12.2. The molecule has 1 fully saturated rings. The maximum Gasteiger partial charge on any atom is 0.277 e. The third-order valence-electron chi connectivity index (χ3n) is 2.98. The van der Waals surface area contributed by atoms with Gasteiger partial charge in [-0.05, 0) is 18.6 Å². The molecule has 2 aromatic rings. The van der Waals surface area contributed by atoms with E-state index in [4.69, 9.17) is 9.47 Å². The van der Waals surface area contributed by atoms with Crippen LogP contribution in [0.1, 0.15) is 6.42 Å². The predicted octanol–water partition coefficient (Wildman–Crippen LogP) is 0.554. The molecule has 3 rings (SSSR count). The molecule has 18 heavy (non-hydrogen) atoms. The normalized spacial score (nSPS) is 20.1. The zero-order chi connectivity index (χ0) is 12.4. The monoisotopic (exact) mass is 247 g/mol. The Morgan fingerprint density at radius 2 is 2.28 bits per heavy atom. The molecule has 6 heteroatoms. The number of aromatic nitrogens is 3. The number of ether oxygens (including phenoxy) is 2. The maximum atomic E-state index is 12.2. The fourth-order valence-electron chi connectivity index (χ4n) is 1.98. The molecule has 6 nitrogen and oxygen atoms in total. The Morgan fingerprint density at radius 3 is 3.11 bits per heavy atom. The third kappa shape index (κ3) is 2.12. The van der Waals surface area contributed by atoms with Gasteiger partial charge in [-0.1, -0.05) is 17.3 Å². The van der Waals surface area contributed by atoms with Gasteiger partial charge >= 0.3 is 0 Å². The molecule has 1 aromatic carbocycles. The molecule has 1 atom stereocenters. The number of rotatable bonds is 2. The highest BCUT2D eigenvalue weighted by molar-refractivity contribution is 5.76. The van der Waals surface area contributed by atoms with Crippen LogP contribution in [0.25, 0.3) is 10.9 Å². The van der Waals surface area contributed by atoms with Crippen LogP contribution in [0.3, 0.4) is 0 Å². The predicted molar refractivity (Wildman–Crippen MR) is 64.1 cm³/mol. The van der Waals surface area contributed by atoms with Gasteiger partial charge in [-0.2, -0.15) is 0 Å². The molecule has 0 saturated carbocycles. The number of benzene rings is 1. The van der Waals surface area contributed by atoms with Crippen LogP contribution in [0.2, 0.25) is 0 Å². The van der Waals surface area contributed by atoms with E-state index in [1.54, 1.807) is 12.1 Å². The van der Waals surface area contributed by atoms with E-state index in [0.29, 0.717) is 24.1 Å². The molecule has 1 aliphatic heterocycles. The molecule has 1 aromatic heterocycles. The molecule has 0 unspecified atom stereocenters. The van der Waals surface area contributed by atoms with Crippen molar-refractivity contribution in [2.24, 2.45) is 0 Å². The van der Waals surface area contributed by atoms with Crippen molar-refractivity contribution in [2.75, 3.05) is 13.4 Å². The van der Waals surface area contributed by atoms with Gasteiger partial charge in [-0.25, -0.2) is 4.68 Å². The Balaban J connectivity index is 1.92. The van der Waals surface area contributed by atoms with Gasteiger partial charge in [0.1, 0.15) is 12.3 Å². The van der Waals surface area contributed by atoms with E-state index in [2.05, 4.69) is 10.3 Å². The number of hydrogen-bond donors (Lipinski definition) is 0. The Labute approximate surface area is 103 Å². The van der Waals surface area contributed by atoms with Crippen LogP contribution in [-0.2, 0) is 16.0 Å². The molecule has 0 radical (unpaired) electrons. The first kappa shape index (κ1) is 11.3. The van der Waals surface area contributed by atoms with E-state index >= 15 is 0 Å². The molecular formula is C12H13N3O3. The van der Waals surface area contributed by atoms with Crippen LogP contribution in [0.4, 0.5) is 0 Å². The summed E-state index contributed by atoms with van der Waals surface area (Å²) in [6.07, 6.45) is 0.730. The van der Waals surface area contributed by atoms with Gasteiger partial charge in [0.25, 0.3) is 5.56 Å². The van der Waals surface area contributed by atoms with Crippen molar-refractivity contribution in [1.29, 1.82) is 0 Å². The Kier molecular flexibility index (Phi) is 3.04. The Bertz CT molecular complexity index is 605. The van der Waals surface area contributed by atoms with Crippen molar-refractivity contribution in [1.82, 2.24) is 15.0 Å². The molecular weight excluding hydrogens is 234 g/mol. The first-order valence-electron chi connectivity index (χ1n) is 5.86. The van der Waals surface area contributed by atoms with Crippen LogP contribution in [0.5, 0.6) is 0 Å². The van der Waals surface area contributed by atoms with Gasteiger partial charge in [0.05, 0.1) is 24.6 Å². The SMILES string of the molecule is O=c1c2ccccc2nnn1C[C@H]1CCOCO1. The van der Waals surface area contributed by atoms with E-state index in [9.17, 15) is 4.79 Å². The van der Waals surface area contributed by atoms with Crippen molar-refractivity contribution in [2.45, 2.75) is 19.1 Å². The molecule has 0 bridgehead atoms. The summed E-state index contributed by atoms with van der Waals surface area (Å²) in [5.74, 6) is 0. The van der Waals surface area contributed by atoms with Gasteiger partial charge < -0.3 is 9.47 Å². The minimum Gasteiger partial charge on any atom is -0.355 e. The van der Waals surface area contributed by atoms with E-state index in [1.807, 2.05) is 12.1 Å². The molecule has 1 saturated heterocycles. The van der Waals surface area contributed by atoms with Gasteiger partial charge in [0.15, 0.2) is 0 Å². The van der Waals surface area contributed by atoms with E-state index < -0.39 is 0 Å². The summed E-state index contributed by atoms with van der Waals surface area (Å²) in [6.45, 7) is 1.35. The summed E-state index contributed by atoms with van der Waals surface area (Å²) < 4.78 is 11.9. The third-order valence-corrected chi connectivity index (χ3v) is 2.98. The Hall–Kier alpha value is -1.79. The lowest BCUT2D eigenvalue weighted by molar-refractivity contribution is -0.143. The molecule has 2 heterocycles. The average molecular weight is 247 g/mol. The summed E-state index contributed by atoms with van der Waals surface area (Å²) in [4.78, 5) is 12.2. The topological polar surface area (TPSA) is 66.2 Å². The Morgan fingerprint density at radius 1 is 1.39 bits per heavy atom. The second-order valence-corrected chi connectivity index (χ2v) is 4.20. The zero-order valence-corrected chi connectivity index (χ0v) is 9.78. The lowest BCUT2D eigenvalue weighted by atomic mass is 10.2. The largest absolute Gasteiger partial charge is 0.355 e. The van der Waals surface area contributed by atoms with Gasteiger partial charge in [0, 0.05) is 0 Å². The van der Waals surface area contributed by atoms with E-state index in [1.165, 1.54) is 4.68 Å². The summed E-state index contributed by atoms with van der Waals surface area (Å²) >= 11 is 0. The minimum absolute atomic E-state index is 0.0353.